The minimum atomic E-state index is -1.77. The molecule has 9 nitrogen and oxygen atoms in total. The van der Waals surface area contributed by atoms with Crippen LogP contribution in [0.5, 0.6) is 0 Å². The molecule has 1 fully saturated rings. The second-order valence-electron chi connectivity index (χ2n) is 4.22. The molecule has 6 N–H and O–H groups in total. The van der Waals surface area contributed by atoms with E-state index in [1.807, 2.05) is 0 Å². The van der Waals surface area contributed by atoms with E-state index in [4.69, 9.17) is 19.7 Å². The van der Waals surface area contributed by atoms with Gasteiger partial charge in [0.05, 0.1) is 13.2 Å². The Labute approximate surface area is 108 Å². The number of ether oxygens (including phenoxy) is 2. The Bertz CT molecular complexity index is 286. The third-order valence-electron chi connectivity index (χ3n) is 2.81. The molecule has 0 bridgehead atoms. The predicted molar refractivity (Wildman–Crippen MR) is 57.8 cm³/mol. The molecule has 1 heterocycles. The lowest BCUT2D eigenvalue weighted by Gasteiger charge is -2.37. The zero-order valence-electron chi connectivity index (χ0n) is 9.94. The van der Waals surface area contributed by atoms with Gasteiger partial charge in [0.1, 0.15) is 36.6 Å². The Morgan fingerprint density at radius 2 is 1.89 bits per heavy atom. The van der Waals surface area contributed by atoms with Crippen LogP contribution in [0.15, 0.2) is 0 Å². The van der Waals surface area contributed by atoms with Gasteiger partial charge in [-0.05, 0) is 0 Å². The van der Waals surface area contributed by atoms with Crippen molar-refractivity contribution in [1.82, 2.24) is 0 Å². The molecule has 112 valence electrons. The van der Waals surface area contributed by atoms with Crippen LogP contribution >= 0.6 is 0 Å². The Hall–Kier alpha value is -0.650. The number of aliphatic hydroxyl groups is 6. The van der Waals surface area contributed by atoms with Crippen LogP contribution in [0.2, 0.25) is 0 Å². The van der Waals surface area contributed by atoms with Crippen molar-refractivity contribution < 1.29 is 44.9 Å². The van der Waals surface area contributed by atoms with E-state index in [1.165, 1.54) is 0 Å². The molecule has 0 aromatic carbocycles. The van der Waals surface area contributed by atoms with Crippen molar-refractivity contribution in [2.75, 3.05) is 13.2 Å². The zero-order valence-corrected chi connectivity index (χ0v) is 9.94. The molecule has 0 unspecified atom stereocenters. The quantitative estimate of drug-likeness (QED) is 0.265. The second-order valence-corrected chi connectivity index (χ2v) is 4.22. The zero-order chi connectivity index (χ0) is 14.6. The van der Waals surface area contributed by atoms with Crippen molar-refractivity contribution in [3.8, 4) is 0 Å². The van der Waals surface area contributed by atoms with Crippen molar-refractivity contribution in [2.45, 2.75) is 42.9 Å². The van der Waals surface area contributed by atoms with Gasteiger partial charge in [0.2, 0.25) is 0 Å². The first kappa shape index (κ1) is 16.4. The summed E-state index contributed by atoms with van der Waals surface area (Å²) in [5, 5.41) is 55.8. The van der Waals surface area contributed by atoms with Gasteiger partial charge >= 0.3 is 0 Å². The molecule has 9 heteroatoms. The summed E-state index contributed by atoms with van der Waals surface area (Å²) < 4.78 is 9.89. The molecule has 1 rings (SSSR count). The fourth-order valence-electron chi connectivity index (χ4n) is 1.60. The van der Waals surface area contributed by atoms with E-state index in [2.05, 4.69) is 0 Å². The van der Waals surface area contributed by atoms with Gasteiger partial charge in [-0.25, -0.2) is 0 Å². The molecule has 1 aliphatic heterocycles. The van der Waals surface area contributed by atoms with Crippen LogP contribution in [0, 0.1) is 0 Å². The summed E-state index contributed by atoms with van der Waals surface area (Å²) in [4.78, 5) is 10.3. The van der Waals surface area contributed by atoms with Gasteiger partial charge in [-0.15, -0.1) is 0 Å². The first-order valence-corrected chi connectivity index (χ1v) is 5.66. The van der Waals surface area contributed by atoms with Gasteiger partial charge in [-0.1, -0.05) is 0 Å². The third-order valence-corrected chi connectivity index (χ3v) is 2.81. The maximum Gasteiger partial charge on any atom is 0.186 e. The van der Waals surface area contributed by atoms with Crippen LogP contribution in [0.4, 0.5) is 0 Å². The van der Waals surface area contributed by atoms with E-state index in [0.29, 0.717) is 0 Å². The molecule has 7 atom stereocenters. The topological polar surface area (TPSA) is 157 Å². The number of carbonyl (C=O) groups excluding carboxylic acids is 1. The Morgan fingerprint density at radius 1 is 1.26 bits per heavy atom. The summed E-state index contributed by atoms with van der Waals surface area (Å²) in [7, 11) is 0. The van der Waals surface area contributed by atoms with Crippen LogP contribution in [-0.4, -0.2) is 93.1 Å². The molecular formula is C10H18O9. The maximum atomic E-state index is 10.3. The van der Waals surface area contributed by atoms with Gasteiger partial charge in [-0.2, -0.15) is 0 Å². The van der Waals surface area contributed by atoms with Gasteiger partial charge in [0.25, 0.3) is 0 Å². The lowest BCUT2D eigenvalue weighted by molar-refractivity contribution is -0.295. The molecule has 0 aromatic heterocycles. The summed E-state index contributed by atoms with van der Waals surface area (Å²) in [6.45, 7) is -1.06. The minimum Gasteiger partial charge on any atom is -0.394 e. The average Bonchev–Trinajstić information content (AvgIpc) is 2.42. The number of rotatable bonds is 6. The molecule has 0 amide bonds. The lowest BCUT2D eigenvalue weighted by Crippen LogP contribution is -2.56. The second kappa shape index (κ2) is 7.22. The Kier molecular flexibility index (Phi) is 6.23. The van der Waals surface area contributed by atoms with Gasteiger partial charge in [-0.3, -0.25) is 0 Å². The van der Waals surface area contributed by atoms with Crippen LogP contribution in [-0.2, 0) is 14.3 Å². The highest BCUT2D eigenvalue weighted by Gasteiger charge is 2.40. The van der Waals surface area contributed by atoms with Gasteiger partial charge < -0.3 is 44.9 Å². The van der Waals surface area contributed by atoms with E-state index < -0.39 is 49.5 Å². The van der Waals surface area contributed by atoms with Crippen molar-refractivity contribution in [3.05, 3.63) is 0 Å². The predicted octanol–water partition coefficient (Wildman–Crippen LogP) is -4.28. The van der Waals surface area contributed by atoms with Crippen LogP contribution in [0.1, 0.15) is 0 Å². The van der Waals surface area contributed by atoms with E-state index in [9.17, 15) is 25.2 Å². The number of carbonyl (C=O) groups is 1. The van der Waals surface area contributed by atoms with E-state index in [-0.39, 0.29) is 12.9 Å². The van der Waals surface area contributed by atoms with E-state index >= 15 is 0 Å². The van der Waals surface area contributed by atoms with Crippen molar-refractivity contribution in [2.24, 2.45) is 0 Å². The molecule has 0 saturated carbocycles. The molecule has 0 aromatic rings. The van der Waals surface area contributed by atoms with Gasteiger partial charge in [0.15, 0.2) is 12.6 Å². The number of aldehydes is 1. The van der Waals surface area contributed by atoms with E-state index in [0.717, 1.165) is 0 Å². The number of aliphatic hydroxyl groups excluding tert-OH is 6. The Balaban J connectivity index is 2.63. The highest BCUT2D eigenvalue weighted by atomic mass is 16.7. The highest BCUT2D eigenvalue weighted by Crippen LogP contribution is 2.19. The largest absolute Gasteiger partial charge is 0.394 e. The average molecular weight is 282 g/mol. The summed E-state index contributed by atoms with van der Waals surface area (Å²) in [5.41, 5.74) is 0. The number of hydrogen-bond acceptors (Lipinski definition) is 9. The minimum absolute atomic E-state index is 0.0629. The summed E-state index contributed by atoms with van der Waals surface area (Å²) in [5.74, 6) is 0. The first-order chi connectivity index (χ1) is 8.92. The first-order valence-electron chi connectivity index (χ1n) is 5.66. The fraction of sp³-hybridized carbons (Fsp3) is 0.900. The monoisotopic (exact) mass is 282 g/mol. The lowest BCUT2D eigenvalue weighted by atomic mass is 10.0. The normalized spacial score (nSPS) is 36.5. The molecule has 0 spiro atoms. The van der Waals surface area contributed by atoms with Crippen LogP contribution in [0.3, 0.4) is 0 Å². The van der Waals surface area contributed by atoms with Crippen LogP contribution in [0.25, 0.3) is 0 Å². The molecule has 0 aliphatic carbocycles. The maximum absolute atomic E-state index is 10.3. The molecule has 19 heavy (non-hydrogen) atoms. The molecule has 0 radical (unpaired) electrons. The van der Waals surface area contributed by atoms with Crippen LogP contribution < -0.4 is 0 Å². The molecule has 1 aliphatic rings. The van der Waals surface area contributed by atoms with Crippen molar-refractivity contribution in [3.63, 3.8) is 0 Å². The number of hydrogen-bond donors (Lipinski definition) is 6. The summed E-state index contributed by atoms with van der Waals surface area (Å²) in [6.07, 6.45) is -10.6. The Morgan fingerprint density at radius 3 is 2.42 bits per heavy atom. The standard InChI is InChI=1S/C10H18O9/c11-1-4(13)7(15)6(2-12)19-10-9(17)8(16)5(14)3-18-10/h1,4-10,12-17H,2-3H2/t4-,5+,6+,7+,8-,9+,10-/m0/s1. The fourth-order valence-corrected chi connectivity index (χ4v) is 1.60. The van der Waals surface area contributed by atoms with Gasteiger partial charge in [0, 0.05) is 0 Å². The van der Waals surface area contributed by atoms with Crippen molar-refractivity contribution in [1.29, 1.82) is 0 Å². The van der Waals surface area contributed by atoms with E-state index in [1.54, 1.807) is 0 Å². The smallest absolute Gasteiger partial charge is 0.186 e. The highest BCUT2D eigenvalue weighted by molar-refractivity contribution is 5.56. The summed E-state index contributed by atoms with van der Waals surface area (Å²) >= 11 is 0. The summed E-state index contributed by atoms with van der Waals surface area (Å²) in [6, 6.07) is 0. The SMILES string of the molecule is O=C[C@H](O)[C@@H](O)[C@@H](CO)O[C@@H]1OC[C@@H](O)[C@H](O)[C@H]1O. The molecule has 1 saturated heterocycles. The third kappa shape index (κ3) is 3.91. The molecular weight excluding hydrogens is 264 g/mol. The van der Waals surface area contributed by atoms with Crippen molar-refractivity contribution >= 4 is 6.29 Å².